The van der Waals surface area contributed by atoms with E-state index in [1.165, 1.54) is 0 Å². The molecule has 0 amide bonds. The van der Waals surface area contributed by atoms with Gasteiger partial charge < -0.3 is 9.73 Å². The van der Waals surface area contributed by atoms with Gasteiger partial charge in [-0.25, -0.2) is 0 Å². The van der Waals surface area contributed by atoms with Gasteiger partial charge in [-0.15, -0.1) is 0 Å². The molecule has 17 heavy (non-hydrogen) atoms. The van der Waals surface area contributed by atoms with E-state index in [1.54, 1.807) is 6.26 Å². The summed E-state index contributed by atoms with van der Waals surface area (Å²) in [5.41, 5.74) is 1.05. The molecular weight excluding hydrogens is 214 g/mol. The highest BCUT2D eigenvalue weighted by Crippen LogP contribution is 2.13. The van der Waals surface area contributed by atoms with E-state index in [4.69, 9.17) is 4.42 Å². The van der Waals surface area contributed by atoms with Crippen LogP contribution < -0.4 is 5.32 Å². The van der Waals surface area contributed by atoms with Gasteiger partial charge in [0, 0.05) is 18.8 Å². The Morgan fingerprint density at radius 3 is 2.76 bits per heavy atom. The van der Waals surface area contributed by atoms with Crippen molar-refractivity contribution in [2.24, 2.45) is 0 Å². The summed E-state index contributed by atoms with van der Waals surface area (Å²) in [6.45, 7) is 7.07. The molecule has 2 aromatic heterocycles. The SMILES string of the molecule is CC(C)n1ccc(CN[C@@H](C)c2ccco2)n1. The Hall–Kier alpha value is -1.55. The summed E-state index contributed by atoms with van der Waals surface area (Å²) < 4.78 is 7.31. The van der Waals surface area contributed by atoms with Crippen LogP contribution in [0.4, 0.5) is 0 Å². The van der Waals surface area contributed by atoms with E-state index in [9.17, 15) is 0 Å². The minimum Gasteiger partial charge on any atom is -0.468 e. The summed E-state index contributed by atoms with van der Waals surface area (Å²) >= 11 is 0. The lowest BCUT2D eigenvalue weighted by atomic mass is 10.2. The lowest BCUT2D eigenvalue weighted by Gasteiger charge is -2.09. The normalized spacial score (nSPS) is 13.2. The molecule has 0 aliphatic carbocycles. The highest BCUT2D eigenvalue weighted by atomic mass is 16.3. The topological polar surface area (TPSA) is 43.0 Å². The number of nitrogens with one attached hydrogen (secondary N) is 1. The van der Waals surface area contributed by atoms with Crippen molar-refractivity contribution in [2.45, 2.75) is 39.4 Å². The Morgan fingerprint density at radius 2 is 2.18 bits per heavy atom. The van der Waals surface area contributed by atoms with Crippen molar-refractivity contribution in [3.63, 3.8) is 0 Å². The molecule has 0 saturated heterocycles. The van der Waals surface area contributed by atoms with Crippen molar-refractivity contribution in [1.82, 2.24) is 15.1 Å². The molecule has 0 aliphatic heterocycles. The molecule has 0 aliphatic rings. The minimum atomic E-state index is 0.203. The van der Waals surface area contributed by atoms with Crippen molar-refractivity contribution >= 4 is 0 Å². The zero-order chi connectivity index (χ0) is 12.3. The number of aromatic nitrogens is 2. The molecule has 4 heteroatoms. The first kappa shape index (κ1) is 11.9. The second-order valence-electron chi connectivity index (χ2n) is 4.50. The summed E-state index contributed by atoms with van der Waals surface area (Å²) in [5.74, 6) is 0.952. The van der Waals surface area contributed by atoms with Crippen molar-refractivity contribution in [1.29, 1.82) is 0 Å². The van der Waals surface area contributed by atoms with Crippen molar-refractivity contribution in [2.75, 3.05) is 0 Å². The molecule has 1 atom stereocenters. The van der Waals surface area contributed by atoms with Gasteiger partial charge >= 0.3 is 0 Å². The lowest BCUT2D eigenvalue weighted by Crippen LogP contribution is -2.18. The zero-order valence-corrected chi connectivity index (χ0v) is 10.6. The minimum absolute atomic E-state index is 0.203. The van der Waals surface area contributed by atoms with Gasteiger partial charge in [0.1, 0.15) is 5.76 Å². The maximum Gasteiger partial charge on any atom is 0.120 e. The van der Waals surface area contributed by atoms with Crippen LogP contribution in [0.1, 0.15) is 44.3 Å². The molecule has 4 nitrogen and oxygen atoms in total. The third-order valence-corrected chi connectivity index (χ3v) is 2.75. The van der Waals surface area contributed by atoms with Gasteiger partial charge in [-0.3, -0.25) is 4.68 Å². The van der Waals surface area contributed by atoms with E-state index in [-0.39, 0.29) is 6.04 Å². The molecular formula is C13H19N3O. The Bertz CT molecular complexity index is 445. The quantitative estimate of drug-likeness (QED) is 0.863. The fraction of sp³-hybridized carbons (Fsp3) is 0.462. The molecule has 2 rings (SSSR count). The van der Waals surface area contributed by atoms with Gasteiger partial charge in [-0.1, -0.05) is 0 Å². The molecule has 0 spiro atoms. The van der Waals surface area contributed by atoms with Crippen LogP contribution >= 0.6 is 0 Å². The van der Waals surface area contributed by atoms with Gasteiger partial charge in [0.2, 0.25) is 0 Å². The van der Waals surface area contributed by atoms with E-state index >= 15 is 0 Å². The van der Waals surface area contributed by atoms with E-state index < -0.39 is 0 Å². The molecule has 0 aromatic carbocycles. The predicted octanol–water partition coefficient (Wildman–Crippen LogP) is 2.91. The first-order valence-corrected chi connectivity index (χ1v) is 5.97. The number of hydrogen-bond donors (Lipinski definition) is 1. The maximum absolute atomic E-state index is 5.34. The van der Waals surface area contributed by atoms with Crippen molar-refractivity contribution < 1.29 is 4.42 Å². The van der Waals surface area contributed by atoms with Crippen LogP contribution in [0, 0.1) is 0 Å². The smallest absolute Gasteiger partial charge is 0.120 e. The highest BCUT2D eigenvalue weighted by molar-refractivity contribution is 5.05. The summed E-state index contributed by atoms with van der Waals surface area (Å²) in [6, 6.07) is 6.54. The third kappa shape index (κ3) is 2.97. The number of rotatable bonds is 5. The summed E-state index contributed by atoms with van der Waals surface area (Å²) in [7, 11) is 0. The van der Waals surface area contributed by atoms with Crippen LogP contribution in [0.2, 0.25) is 0 Å². The molecule has 1 N–H and O–H groups in total. The molecule has 0 bridgehead atoms. The average Bonchev–Trinajstić information content (AvgIpc) is 2.97. The van der Waals surface area contributed by atoms with Crippen LogP contribution in [0.3, 0.4) is 0 Å². The lowest BCUT2D eigenvalue weighted by molar-refractivity contribution is 0.426. The monoisotopic (exact) mass is 233 g/mol. The number of hydrogen-bond acceptors (Lipinski definition) is 3. The Labute approximate surface area is 102 Å². The second-order valence-corrected chi connectivity index (χ2v) is 4.50. The molecule has 92 valence electrons. The van der Waals surface area contributed by atoms with Gasteiger partial charge in [0.05, 0.1) is 18.0 Å². The number of furan rings is 1. The summed E-state index contributed by atoms with van der Waals surface area (Å²) in [6.07, 6.45) is 3.71. The fourth-order valence-corrected chi connectivity index (χ4v) is 1.66. The standard InChI is InChI=1S/C13H19N3O/c1-10(2)16-7-6-12(15-16)9-14-11(3)13-5-4-8-17-13/h4-8,10-11,14H,9H2,1-3H3/t11-/m0/s1. The maximum atomic E-state index is 5.34. The molecule has 0 radical (unpaired) electrons. The van der Waals surface area contributed by atoms with Crippen LogP contribution in [0.5, 0.6) is 0 Å². The van der Waals surface area contributed by atoms with Crippen molar-refractivity contribution in [3.8, 4) is 0 Å². The van der Waals surface area contributed by atoms with Gasteiger partial charge in [-0.05, 0) is 39.0 Å². The zero-order valence-electron chi connectivity index (χ0n) is 10.6. The molecule has 0 saturated carbocycles. The molecule has 2 heterocycles. The number of nitrogens with zero attached hydrogens (tertiary/aromatic N) is 2. The predicted molar refractivity (Wildman–Crippen MR) is 66.6 cm³/mol. The largest absolute Gasteiger partial charge is 0.468 e. The fourth-order valence-electron chi connectivity index (χ4n) is 1.66. The average molecular weight is 233 g/mol. The first-order valence-electron chi connectivity index (χ1n) is 5.97. The molecule has 0 fully saturated rings. The van der Waals surface area contributed by atoms with E-state index in [0.29, 0.717) is 6.04 Å². The van der Waals surface area contributed by atoms with E-state index in [0.717, 1.165) is 18.0 Å². The third-order valence-electron chi connectivity index (χ3n) is 2.75. The van der Waals surface area contributed by atoms with Gasteiger partial charge in [0.25, 0.3) is 0 Å². The Kier molecular flexibility index (Phi) is 3.64. The van der Waals surface area contributed by atoms with Crippen LogP contribution in [0.15, 0.2) is 35.1 Å². The Balaban J connectivity index is 1.89. The van der Waals surface area contributed by atoms with E-state index in [1.807, 2.05) is 29.1 Å². The molecule has 2 aromatic rings. The Morgan fingerprint density at radius 1 is 1.35 bits per heavy atom. The van der Waals surface area contributed by atoms with Crippen LogP contribution in [0.25, 0.3) is 0 Å². The van der Waals surface area contributed by atoms with Crippen molar-refractivity contribution in [3.05, 3.63) is 42.1 Å². The highest BCUT2D eigenvalue weighted by Gasteiger charge is 2.08. The second kappa shape index (κ2) is 5.19. The molecule has 0 unspecified atom stereocenters. The van der Waals surface area contributed by atoms with Gasteiger partial charge in [-0.2, -0.15) is 5.10 Å². The van der Waals surface area contributed by atoms with Gasteiger partial charge in [0.15, 0.2) is 0 Å². The van der Waals surface area contributed by atoms with Crippen LogP contribution in [-0.2, 0) is 6.54 Å². The van der Waals surface area contributed by atoms with E-state index in [2.05, 4.69) is 31.2 Å². The summed E-state index contributed by atoms with van der Waals surface area (Å²) in [4.78, 5) is 0. The first-order chi connectivity index (χ1) is 8.16. The summed E-state index contributed by atoms with van der Waals surface area (Å²) in [5, 5.41) is 7.87. The van der Waals surface area contributed by atoms with Crippen LogP contribution in [-0.4, -0.2) is 9.78 Å².